The molecule has 2 aliphatic rings. The zero-order valence-corrected chi connectivity index (χ0v) is 8.02. The van der Waals surface area contributed by atoms with Crippen LogP contribution in [0.2, 0.25) is 0 Å². The molecule has 1 heteroatoms. The highest BCUT2D eigenvalue weighted by Gasteiger charge is 2.18. The molecule has 0 saturated heterocycles. The van der Waals surface area contributed by atoms with E-state index in [-0.39, 0.29) is 0 Å². The first-order valence-electron chi connectivity index (χ1n) is 5.68. The Kier molecular flexibility index (Phi) is 3.04. The third-order valence-electron chi connectivity index (χ3n) is 3.53. The van der Waals surface area contributed by atoms with Gasteiger partial charge in [-0.1, -0.05) is 25.7 Å². The number of nitrogens with one attached hydrogen (secondary N) is 1. The highest BCUT2D eigenvalue weighted by molar-refractivity contribution is 4.76. The van der Waals surface area contributed by atoms with Gasteiger partial charge in [-0.05, 0) is 38.1 Å². The second kappa shape index (κ2) is 4.27. The molecule has 0 aromatic heterocycles. The quantitative estimate of drug-likeness (QED) is 0.681. The van der Waals surface area contributed by atoms with E-state index in [1.54, 1.807) is 0 Å². The van der Waals surface area contributed by atoms with Crippen molar-refractivity contribution in [1.82, 2.24) is 5.32 Å². The summed E-state index contributed by atoms with van der Waals surface area (Å²) in [6.07, 6.45) is 11.7. The van der Waals surface area contributed by atoms with E-state index < -0.39 is 0 Å². The Bertz CT molecular complexity index is 105. The molecule has 0 spiro atoms. The fourth-order valence-corrected chi connectivity index (χ4v) is 2.68. The number of hydrogen-bond donors (Lipinski definition) is 1. The van der Waals surface area contributed by atoms with Crippen LogP contribution < -0.4 is 5.32 Å². The molecule has 2 rings (SSSR count). The molecule has 2 saturated carbocycles. The van der Waals surface area contributed by atoms with Gasteiger partial charge in [-0.25, -0.2) is 0 Å². The van der Waals surface area contributed by atoms with Crippen molar-refractivity contribution >= 4 is 0 Å². The van der Waals surface area contributed by atoms with E-state index >= 15 is 0 Å². The Hall–Kier alpha value is -0.0400. The van der Waals surface area contributed by atoms with Crippen LogP contribution in [-0.2, 0) is 0 Å². The van der Waals surface area contributed by atoms with Crippen molar-refractivity contribution in [1.29, 1.82) is 0 Å². The van der Waals surface area contributed by atoms with Crippen molar-refractivity contribution < 1.29 is 0 Å². The lowest BCUT2D eigenvalue weighted by Gasteiger charge is -2.15. The van der Waals surface area contributed by atoms with E-state index in [0.717, 1.165) is 12.0 Å². The molecule has 1 N–H and O–H groups in total. The van der Waals surface area contributed by atoms with Crippen LogP contribution >= 0.6 is 0 Å². The molecular weight excluding hydrogens is 146 g/mol. The topological polar surface area (TPSA) is 12.0 Å². The fraction of sp³-hybridized carbons (Fsp3) is 1.00. The molecular formula is C11H21N. The van der Waals surface area contributed by atoms with Crippen LogP contribution in [-0.4, -0.2) is 12.6 Å². The molecule has 70 valence electrons. The van der Waals surface area contributed by atoms with Gasteiger partial charge in [-0.3, -0.25) is 0 Å². The van der Waals surface area contributed by atoms with Gasteiger partial charge in [-0.2, -0.15) is 0 Å². The SMILES string of the molecule is C1CCC(CNC2CCCC2)C1. The highest BCUT2D eigenvalue weighted by Crippen LogP contribution is 2.25. The van der Waals surface area contributed by atoms with E-state index in [0.29, 0.717) is 0 Å². The molecule has 0 aromatic rings. The first kappa shape index (κ1) is 8.55. The molecule has 1 nitrogen and oxygen atoms in total. The molecule has 12 heavy (non-hydrogen) atoms. The van der Waals surface area contributed by atoms with Crippen molar-refractivity contribution in [2.45, 2.75) is 57.4 Å². The van der Waals surface area contributed by atoms with Crippen molar-refractivity contribution in [3.8, 4) is 0 Å². The molecule has 0 aromatic carbocycles. The van der Waals surface area contributed by atoms with Crippen LogP contribution in [0.15, 0.2) is 0 Å². The summed E-state index contributed by atoms with van der Waals surface area (Å²) in [4.78, 5) is 0. The molecule has 0 unspecified atom stereocenters. The lowest BCUT2D eigenvalue weighted by molar-refractivity contribution is 0.434. The Balaban J connectivity index is 1.60. The van der Waals surface area contributed by atoms with Gasteiger partial charge in [0.2, 0.25) is 0 Å². The molecule has 2 fully saturated rings. The Morgan fingerprint density at radius 3 is 2.08 bits per heavy atom. The first-order chi connectivity index (χ1) is 5.95. The summed E-state index contributed by atoms with van der Waals surface area (Å²) in [5.41, 5.74) is 0. The van der Waals surface area contributed by atoms with Gasteiger partial charge < -0.3 is 5.32 Å². The van der Waals surface area contributed by atoms with Crippen LogP contribution in [0.5, 0.6) is 0 Å². The summed E-state index contributed by atoms with van der Waals surface area (Å²) in [6.45, 7) is 1.31. The minimum atomic E-state index is 0.880. The predicted octanol–water partition coefficient (Wildman–Crippen LogP) is 2.71. The Labute approximate surface area is 75.9 Å². The summed E-state index contributed by atoms with van der Waals surface area (Å²) < 4.78 is 0. The van der Waals surface area contributed by atoms with Gasteiger partial charge in [0.1, 0.15) is 0 Å². The molecule has 2 aliphatic carbocycles. The molecule has 0 radical (unpaired) electrons. The second-order valence-corrected chi connectivity index (χ2v) is 4.54. The number of rotatable bonds is 3. The highest BCUT2D eigenvalue weighted by atomic mass is 14.9. The fourth-order valence-electron chi connectivity index (χ4n) is 2.68. The minimum absolute atomic E-state index is 0.880. The van der Waals surface area contributed by atoms with E-state index in [1.165, 1.54) is 57.9 Å². The monoisotopic (exact) mass is 167 g/mol. The standard InChI is InChI=1S/C11H21N/c1-2-6-10(5-1)9-12-11-7-3-4-8-11/h10-12H,1-9H2. The maximum Gasteiger partial charge on any atom is 0.00671 e. The zero-order valence-electron chi connectivity index (χ0n) is 8.02. The Morgan fingerprint density at radius 2 is 1.42 bits per heavy atom. The summed E-state index contributed by atoms with van der Waals surface area (Å²) in [5, 5.41) is 3.72. The molecule has 0 atom stereocenters. The van der Waals surface area contributed by atoms with Gasteiger partial charge in [0, 0.05) is 6.04 Å². The zero-order chi connectivity index (χ0) is 8.23. The van der Waals surface area contributed by atoms with E-state index in [1.807, 2.05) is 0 Å². The van der Waals surface area contributed by atoms with Crippen molar-refractivity contribution in [2.75, 3.05) is 6.54 Å². The van der Waals surface area contributed by atoms with Crippen LogP contribution in [0.4, 0.5) is 0 Å². The summed E-state index contributed by atoms with van der Waals surface area (Å²) in [5.74, 6) is 1.02. The van der Waals surface area contributed by atoms with Crippen LogP contribution in [0.25, 0.3) is 0 Å². The maximum absolute atomic E-state index is 3.72. The third kappa shape index (κ3) is 2.22. The summed E-state index contributed by atoms with van der Waals surface area (Å²) >= 11 is 0. The smallest absolute Gasteiger partial charge is 0.00671 e. The van der Waals surface area contributed by atoms with E-state index in [9.17, 15) is 0 Å². The van der Waals surface area contributed by atoms with E-state index in [4.69, 9.17) is 0 Å². The lowest BCUT2D eigenvalue weighted by atomic mass is 10.1. The van der Waals surface area contributed by atoms with E-state index in [2.05, 4.69) is 5.32 Å². The average molecular weight is 167 g/mol. The summed E-state index contributed by atoms with van der Waals surface area (Å²) in [7, 11) is 0. The van der Waals surface area contributed by atoms with Gasteiger partial charge >= 0.3 is 0 Å². The van der Waals surface area contributed by atoms with Crippen LogP contribution in [0.3, 0.4) is 0 Å². The largest absolute Gasteiger partial charge is 0.314 e. The Morgan fingerprint density at radius 1 is 0.833 bits per heavy atom. The molecule has 0 heterocycles. The predicted molar refractivity (Wildman–Crippen MR) is 52.2 cm³/mol. The van der Waals surface area contributed by atoms with Gasteiger partial charge in [0.05, 0.1) is 0 Å². The van der Waals surface area contributed by atoms with Crippen molar-refractivity contribution in [3.05, 3.63) is 0 Å². The van der Waals surface area contributed by atoms with Crippen molar-refractivity contribution in [2.24, 2.45) is 5.92 Å². The van der Waals surface area contributed by atoms with Crippen LogP contribution in [0.1, 0.15) is 51.4 Å². The maximum atomic E-state index is 3.72. The van der Waals surface area contributed by atoms with Crippen LogP contribution in [0, 0.1) is 5.92 Å². The van der Waals surface area contributed by atoms with Gasteiger partial charge in [-0.15, -0.1) is 0 Å². The molecule has 0 aliphatic heterocycles. The van der Waals surface area contributed by atoms with Gasteiger partial charge in [0.15, 0.2) is 0 Å². The molecule has 0 bridgehead atoms. The average Bonchev–Trinajstić information content (AvgIpc) is 2.74. The summed E-state index contributed by atoms with van der Waals surface area (Å²) in [6, 6.07) is 0.880. The van der Waals surface area contributed by atoms with Crippen molar-refractivity contribution in [3.63, 3.8) is 0 Å². The third-order valence-corrected chi connectivity index (χ3v) is 3.53. The minimum Gasteiger partial charge on any atom is -0.314 e. The first-order valence-corrected chi connectivity index (χ1v) is 5.68. The second-order valence-electron chi connectivity index (χ2n) is 4.54. The molecule has 0 amide bonds. The normalized spacial score (nSPS) is 27.0. The van der Waals surface area contributed by atoms with Gasteiger partial charge in [0.25, 0.3) is 0 Å². The lowest BCUT2D eigenvalue weighted by Crippen LogP contribution is -2.30. The number of hydrogen-bond acceptors (Lipinski definition) is 1.